The van der Waals surface area contributed by atoms with E-state index in [-0.39, 0.29) is 5.75 Å². The van der Waals surface area contributed by atoms with Crippen molar-refractivity contribution >= 4 is 10.0 Å². The molecule has 0 aliphatic heterocycles. The molecule has 0 heterocycles. The van der Waals surface area contributed by atoms with Gasteiger partial charge in [0.05, 0.1) is 5.75 Å². The van der Waals surface area contributed by atoms with Gasteiger partial charge in [-0.3, -0.25) is 0 Å². The van der Waals surface area contributed by atoms with Gasteiger partial charge >= 0.3 is 0 Å². The summed E-state index contributed by atoms with van der Waals surface area (Å²) in [7, 11) is -3.79. The molecule has 0 unspecified atom stereocenters. The fourth-order valence-corrected chi connectivity index (χ4v) is 0.447. The first-order chi connectivity index (χ1) is 3.06. The number of hydrogen-bond acceptors (Lipinski definition) is 2. The van der Waals surface area contributed by atoms with Gasteiger partial charge in [0.25, 0.3) is 0 Å². The Morgan fingerprint density at radius 1 is 1.71 bits per heavy atom. The van der Waals surface area contributed by atoms with E-state index in [9.17, 15) is 8.42 Å². The van der Waals surface area contributed by atoms with Crippen LogP contribution in [0.1, 0.15) is 0 Å². The van der Waals surface area contributed by atoms with Crippen LogP contribution in [-0.4, -0.2) is 14.2 Å². The molecule has 0 saturated carbocycles. The van der Waals surface area contributed by atoms with Crippen molar-refractivity contribution in [3.05, 3.63) is 12.7 Å². The molecule has 0 aromatic rings. The van der Waals surface area contributed by atoms with Crippen LogP contribution in [0.5, 0.6) is 0 Å². The molecule has 0 aromatic heterocycles. The average Bonchev–Trinajstić information content (AvgIpc) is 1.30. The largest absolute Gasteiger partial charge is 0.248 e. The summed E-state index contributed by atoms with van der Waals surface area (Å²) in [6.07, 6.45) is 1.12. The molecule has 7 heavy (non-hydrogen) atoms. The number of rotatable bonds is 2. The molecule has 3 nitrogen and oxygen atoms in total. The summed E-state index contributed by atoms with van der Waals surface area (Å²) >= 11 is 0. The third-order valence-electron chi connectivity index (χ3n) is 0.328. The highest BCUT2D eigenvalue weighted by atomic mass is 32.2. The molecule has 0 saturated heterocycles. The van der Waals surface area contributed by atoms with Crippen LogP contribution in [0.15, 0.2) is 12.7 Å². The first-order valence-electron chi connectivity index (χ1n) is 1.62. The van der Waals surface area contributed by atoms with Crippen LogP contribution in [0.4, 0.5) is 0 Å². The Kier molecular flexibility index (Phi) is 1.98. The van der Waals surface area contributed by atoms with Gasteiger partial charge in [-0.05, 0) is 5.14 Å². The molecule has 0 aliphatic carbocycles. The molecule has 4 heteroatoms. The van der Waals surface area contributed by atoms with Crippen LogP contribution in [0, 0.1) is 0 Å². The normalized spacial score (nSPS) is 11.0. The molecule has 0 N–H and O–H groups in total. The third-order valence-corrected chi connectivity index (χ3v) is 0.985. The van der Waals surface area contributed by atoms with Gasteiger partial charge in [-0.2, -0.15) is 0 Å². The minimum Gasteiger partial charge on any atom is -0.209 e. The van der Waals surface area contributed by atoms with Crippen molar-refractivity contribution in [3.8, 4) is 0 Å². The maximum absolute atomic E-state index is 9.72. The summed E-state index contributed by atoms with van der Waals surface area (Å²) in [5, 5.41) is 7.92. The van der Waals surface area contributed by atoms with Gasteiger partial charge in [-0.1, -0.05) is 6.08 Å². The predicted octanol–water partition coefficient (Wildman–Crippen LogP) is -0.429. The minimum atomic E-state index is -3.79. The maximum atomic E-state index is 9.72. The summed E-state index contributed by atoms with van der Waals surface area (Å²) < 4.78 is 19.4. The van der Waals surface area contributed by atoms with E-state index in [0.717, 1.165) is 6.08 Å². The molecule has 0 rings (SSSR count). The summed E-state index contributed by atoms with van der Waals surface area (Å²) in [4.78, 5) is 0. The Balaban J connectivity index is 3.84. The molecule has 0 amide bonds. The van der Waals surface area contributed by atoms with Crippen molar-refractivity contribution in [1.82, 2.24) is 5.14 Å². The van der Waals surface area contributed by atoms with E-state index in [4.69, 9.17) is 5.14 Å². The Morgan fingerprint density at radius 2 is 2.14 bits per heavy atom. The molecule has 0 atom stereocenters. The lowest BCUT2D eigenvalue weighted by Gasteiger charge is -1.79. The van der Waals surface area contributed by atoms with E-state index in [0.29, 0.717) is 0 Å². The van der Waals surface area contributed by atoms with Gasteiger partial charge in [0.15, 0.2) is 0 Å². The van der Waals surface area contributed by atoms with Crippen LogP contribution in [-0.2, 0) is 10.0 Å². The summed E-state index contributed by atoms with van der Waals surface area (Å²) in [5.41, 5.74) is 0. The number of nitrogens with zero attached hydrogens (tertiary/aromatic N) is 1. The Hall–Kier alpha value is -0.350. The maximum Gasteiger partial charge on any atom is 0.248 e. The molecular formula is C3H5NO2S. The Bertz CT molecular complexity index is 146. The van der Waals surface area contributed by atoms with E-state index in [1.54, 1.807) is 0 Å². The monoisotopic (exact) mass is 119 g/mol. The van der Waals surface area contributed by atoms with E-state index < -0.39 is 10.0 Å². The summed E-state index contributed by atoms with van der Waals surface area (Å²) in [6, 6.07) is 0. The molecule has 0 fully saturated rings. The second-order valence-electron chi connectivity index (χ2n) is 1.04. The molecule has 0 spiro atoms. The highest BCUT2D eigenvalue weighted by Crippen LogP contribution is 1.76. The third kappa shape index (κ3) is 5.65. The van der Waals surface area contributed by atoms with E-state index in [1.807, 2.05) is 0 Å². The highest BCUT2D eigenvalue weighted by molar-refractivity contribution is 7.88. The van der Waals surface area contributed by atoms with Gasteiger partial charge in [-0.15, -0.1) is 6.58 Å². The molecular weight excluding hydrogens is 114 g/mol. The lowest BCUT2D eigenvalue weighted by molar-refractivity contribution is 0.599. The zero-order chi connectivity index (χ0) is 5.91. The van der Waals surface area contributed by atoms with Crippen molar-refractivity contribution in [1.29, 1.82) is 0 Å². The van der Waals surface area contributed by atoms with Gasteiger partial charge < -0.3 is 0 Å². The zero-order valence-corrected chi connectivity index (χ0v) is 4.48. The first-order valence-corrected chi connectivity index (χ1v) is 3.23. The highest BCUT2D eigenvalue weighted by Gasteiger charge is 1.97. The fourth-order valence-electron chi connectivity index (χ4n) is 0.149. The summed E-state index contributed by atoms with van der Waals surface area (Å²) in [6.45, 7) is 3.11. The van der Waals surface area contributed by atoms with Crippen LogP contribution in [0.2, 0.25) is 0 Å². The van der Waals surface area contributed by atoms with Gasteiger partial charge in [0, 0.05) is 0 Å². The average molecular weight is 119 g/mol. The molecule has 40 valence electrons. The van der Waals surface area contributed by atoms with E-state index >= 15 is 0 Å². The van der Waals surface area contributed by atoms with Crippen molar-refractivity contribution in [2.24, 2.45) is 0 Å². The quantitative estimate of drug-likeness (QED) is 0.463. The number of sulfonamides is 1. The van der Waals surface area contributed by atoms with Crippen LogP contribution in [0.3, 0.4) is 0 Å². The lowest BCUT2D eigenvalue weighted by atomic mass is 10.8. The second kappa shape index (κ2) is 2.09. The molecule has 0 aliphatic rings. The Labute approximate surface area is 42.9 Å². The molecule has 2 radical (unpaired) electrons. The van der Waals surface area contributed by atoms with Gasteiger partial charge in [-0.25, -0.2) is 8.42 Å². The zero-order valence-electron chi connectivity index (χ0n) is 3.66. The summed E-state index contributed by atoms with van der Waals surface area (Å²) in [5.74, 6) is -0.368. The van der Waals surface area contributed by atoms with Crippen molar-refractivity contribution in [2.45, 2.75) is 0 Å². The van der Waals surface area contributed by atoms with Crippen molar-refractivity contribution in [3.63, 3.8) is 0 Å². The van der Waals surface area contributed by atoms with E-state index in [1.165, 1.54) is 0 Å². The SMILES string of the molecule is C=CCS([N])(=O)=O. The topological polar surface area (TPSA) is 56.4 Å². The van der Waals surface area contributed by atoms with Crippen molar-refractivity contribution in [2.75, 3.05) is 5.75 Å². The standard InChI is InChI=1S/C3H5NO2S/c1-2-3-7(4,5)6/h2H,1,3H2. The molecule has 0 bridgehead atoms. The smallest absolute Gasteiger partial charge is 0.209 e. The fraction of sp³-hybridized carbons (Fsp3) is 0.333. The van der Waals surface area contributed by atoms with Gasteiger partial charge in [0.2, 0.25) is 10.0 Å². The lowest BCUT2D eigenvalue weighted by Crippen LogP contribution is -2.02. The van der Waals surface area contributed by atoms with Crippen LogP contribution < -0.4 is 5.14 Å². The Morgan fingerprint density at radius 3 is 2.14 bits per heavy atom. The van der Waals surface area contributed by atoms with Crippen LogP contribution >= 0.6 is 0 Å². The van der Waals surface area contributed by atoms with Crippen molar-refractivity contribution < 1.29 is 8.42 Å². The predicted molar refractivity (Wildman–Crippen MR) is 26.1 cm³/mol. The number of hydrogen-bond donors (Lipinski definition) is 0. The van der Waals surface area contributed by atoms with E-state index in [2.05, 4.69) is 6.58 Å². The van der Waals surface area contributed by atoms with Gasteiger partial charge in [0.1, 0.15) is 0 Å². The second-order valence-corrected chi connectivity index (χ2v) is 2.53. The minimum absolute atomic E-state index is 0.368. The molecule has 0 aromatic carbocycles. The first kappa shape index (κ1) is 6.65. The van der Waals surface area contributed by atoms with Crippen LogP contribution in [0.25, 0.3) is 0 Å².